The van der Waals surface area contributed by atoms with Crippen molar-refractivity contribution in [2.45, 2.75) is 26.7 Å². The van der Waals surface area contributed by atoms with Crippen molar-refractivity contribution in [1.29, 1.82) is 0 Å². The number of rotatable bonds is 6. The number of urea groups is 1. The first-order chi connectivity index (χ1) is 9.04. The van der Waals surface area contributed by atoms with E-state index in [0.29, 0.717) is 19.5 Å². The molecule has 0 atom stereocenters. The SMILES string of the molecule is CCN(C(=O)NCCCC(=O)O)c1cccc(C)c1. The molecule has 0 saturated carbocycles. The summed E-state index contributed by atoms with van der Waals surface area (Å²) in [4.78, 5) is 24.0. The molecule has 0 saturated heterocycles. The number of carboxylic acids is 1. The number of carboxylic acid groups (broad SMARTS) is 1. The van der Waals surface area contributed by atoms with Crippen LogP contribution in [0.15, 0.2) is 24.3 Å². The van der Waals surface area contributed by atoms with Crippen LogP contribution in [0.25, 0.3) is 0 Å². The van der Waals surface area contributed by atoms with Crippen molar-refractivity contribution >= 4 is 17.7 Å². The molecule has 1 aromatic rings. The highest BCUT2D eigenvalue weighted by Gasteiger charge is 2.13. The summed E-state index contributed by atoms with van der Waals surface area (Å²) in [7, 11) is 0. The van der Waals surface area contributed by atoms with E-state index in [1.165, 1.54) is 0 Å². The van der Waals surface area contributed by atoms with Crippen LogP contribution in [0.4, 0.5) is 10.5 Å². The van der Waals surface area contributed by atoms with Crippen molar-refractivity contribution in [1.82, 2.24) is 5.32 Å². The quantitative estimate of drug-likeness (QED) is 0.775. The van der Waals surface area contributed by atoms with E-state index in [9.17, 15) is 9.59 Å². The fourth-order valence-electron chi connectivity index (χ4n) is 1.77. The lowest BCUT2D eigenvalue weighted by Crippen LogP contribution is -2.40. The molecule has 0 aliphatic rings. The van der Waals surface area contributed by atoms with Gasteiger partial charge in [-0.25, -0.2) is 4.79 Å². The van der Waals surface area contributed by atoms with Crippen molar-refractivity contribution in [2.75, 3.05) is 18.0 Å². The Morgan fingerprint density at radius 1 is 1.37 bits per heavy atom. The number of amides is 2. The largest absolute Gasteiger partial charge is 0.481 e. The summed E-state index contributed by atoms with van der Waals surface area (Å²) >= 11 is 0. The molecule has 1 rings (SSSR count). The Morgan fingerprint density at radius 3 is 2.68 bits per heavy atom. The number of anilines is 1. The van der Waals surface area contributed by atoms with E-state index in [1.807, 2.05) is 38.1 Å². The molecule has 0 radical (unpaired) electrons. The maximum atomic E-state index is 12.0. The van der Waals surface area contributed by atoms with Crippen LogP contribution in [0.3, 0.4) is 0 Å². The predicted molar refractivity (Wildman–Crippen MR) is 74.5 cm³/mol. The molecule has 2 N–H and O–H groups in total. The van der Waals surface area contributed by atoms with Gasteiger partial charge in [-0.15, -0.1) is 0 Å². The van der Waals surface area contributed by atoms with Gasteiger partial charge < -0.3 is 10.4 Å². The van der Waals surface area contributed by atoms with E-state index in [1.54, 1.807) is 4.90 Å². The molecule has 0 spiro atoms. The van der Waals surface area contributed by atoms with Gasteiger partial charge in [-0.1, -0.05) is 12.1 Å². The molecule has 19 heavy (non-hydrogen) atoms. The Labute approximate surface area is 113 Å². The first-order valence-electron chi connectivity index (χ1n) is 6.38. The van der Waals surface area contributed by atoms with Gasteiger partial charge in [0, 0.05) is 25.2 Å². The summed E-state index contributed by atoms with van der Waals surface area (Å²) in [5.74, 6) is -0.847. The number of hydrogen-bond donors (Lipinski definition) is 2. The summed E-state index contributed by atoms with van der Waals surface area (Å²) in [5, 5.41) is 11.3. The molecule has 0 aliphatic heterocycles. The third kappa shape index (κ3) is 4.99. The molecule has 104 valence electrons. The van der Waals surface area contributed by atoms with Crippen molar-refractivity contribution in [2.24, 2.45) is 0 Å². The van der Waals surface area contributed by atoms with Crippen LogP contribution in [0, 0.1) is 6.92 Å². The second-order valence-electron chi connectivity index (χ2n) is 4.31. The van der Waals surface area contributed by atoms with E-state index in [-0.39, 0.29) is 12.5 Å². The Morgan fingerprint density at radius 2 is 2.11 bits per heavy atom. The van der Waals surface area contributed by atoms with Gasteiger partial charge in [-0.05, 0) is 38.0 Å². The van der Waals surface area contributed by atoms with Crippen molar-refractivity contribution in [3.05, 3.63) is 29.8 Å². The first-order valence-corrected chi connectivity index (χ1v) is 6.38. The first kappa shape index (κ1) is 15.0. The second kappa shape index (κ2) is 7.41. The summed E-state index contributed by atoms with van der Waals surface area (Å²) in [6.07, 6.45) is 0.503. The van der Waals surface area contributed by atoms with E-state index in [4.69, 9.17) is 5.11 Å². The number of benzene rings is 1. The molecule has 0 fully saturated rings. The van der Waals surface area contributed by atoms with Gasteiger partial charge in [0.15, 0.2) is 0 Å². The molecular formula is C14H20N2O3. The fourth-order valence-corrected chi connectivity index (χ4v) is 1.77. The number of nitrogens with one attached hydrogen (secondary N) is 1. The molecule has 1 aromatic carbocycles. The van der Waals surface area contributed by atoms with E-state index in [0.717, 1.165) is 11.3 Å². The maximum Gasteiger partial charge on any atom is 0.321 e. The molecule has 5 heteroatoms. The van der Waals surface area contributed by atoms with E-state index < -0.39 is 5.97 Å². The highest BCUT2D eigenvalue weighted by Crippen LogP contribution is 2.15. The van der Waals surface area contributed by atoms with Crippen LogP contribution in [-0.2, 0) is 4.79 Å². The molecule has 0 unspecified atom stereocenters. The van der Waals surface area contributed by atoms with Gasteiger partial charge in [-0.2, -0.15) is 0 Å². The average Bonchev–Trinajstić information content (AvgIpc) is 2.35. The van der Waals surface area contributed by atoms with Crippen LogP contribution in [-0.4, -0.2) is 30.2 Å². The zero-order valence-electron chi connectivity index (χ0n) is 11.3. The van der Waals surface area contributed by atoms with E-state index in [2.05, 4.69) is 5.32 Å². The standard InChI is InChI=1S/C14H20N2O3/c1-3-16(12-7-4-6-11(2)10-12)14(19)15-9-5-8-13(17)18/h4,6-7,10H,3,5,8-9H2,1-2H3,(H,15,19)(H,17,18). The molecule has 5 nitrogen and oxygen atoms in total. The molecular weight excluding hydrogens is 244 g/mol. The average molecular weight is 264 g/mol. The summed E-state index contributed by atoms with van der Waals surface area (Å²) < 4.78 is 0. The number of carbonyl (C=O) groups is 2. The summed E-state index contributed by atoms with van der Waals surface area (Å²) in [5.41, 5.74) is 1.94. The maximum absolute atomic E-state index is 12.0. The smallest absolute Gasteiger partial charge is 0.321 e. The Bertz CT molecular complexity index is 446. The number of nitrogens with zero attached hydrogens (tertiary/aromatic N) is 1. The van der Waals surface area contributed by atoms with Crippen LogP contribution >= 0.6 is 0 Å². The van der Waals surface area contributed by atoms with E-state index >= 15 is 0 Å². The number of aliphatic carboxylic acids is 1. The van der Waals surface area contributed by atoms with Crippen LogP contribution in [0.1, 0.15) is 25.3 Å². The fraction of sp³-hybridized carbons (Fsp3) is 0.429. The van der Waals surface area contributed by atoms with Crippen LogP contribution < -0.4 is 10.2 Å². The Balaban J connectivity index is 2.55. The van der Waals surface area contributed by atoms with Crippen molar-refractivity contribution in [3.8, 4) is 0 Å². The predicted octanol–water partition coefficient (Wildman–Crippen LogP) is 2.40. The molecule has 0 heterocycles. The zero-order chi connectivity index (χ0) is 14.3. The molecule has 0 bridgehead atoms. The van der Waals surface area contributed by atoms with Crippen LogP contribution in [0.2, 0.25) is 0 Å². The minimum atomic E-state index is -0.847. The third-order valence-electron chi connectivity index (χ3n) is 2.72. The normalized spacial score (nSPS) is 10.0. The topological polar surface area (TPSA) is 69.6 Å². The summed E-state index contributed by atoms with van der Waals surface area (Å²) in [6.45, 7) is 4.81. The van der Waals surface area contributed by atoms with Gasteiger partial charge in [-0.3, -0.25) is 9.69 Å². The highest BCUT2D eigenvalue weighted by atomic mass is 16.4. The van der Waals surface area contributed by atoms with Gasteiger partial charge >= 0.3 is 12.0 Å². The summed E-state index contributed by atoms with van der Waals surface area (Å²) in [6, 6.07) is 7.51. The van der Waals surface area contributed by atoms with Crippen molar-refractivity contribution < 1.29 is 14.7 Å². The van der Waals surface area contributed by atoms with Crippen molar-refractivity contribution in [3.63, 3.8) is 0 Å². The molecule has 2 amide bonds. The third-order valence-corrected chi connectivity index (χ3v) is 2.72. The highest BCUT2D eigenvalue weighted by molar-refractivity contribution is 5.91. The van der Waals surface area contributed by atoms with Gasteiger partial charge in [0.1, 0.15) is 0 Å². The Kier molecular flexibility index (Phi) is 5.85. The number of aryl methyl sites for hydroxylation is 1. The van der Waals surface area contributed by atoms with Gasteiger partial charge in [0.05, 0.1) is 0 Å². The number of hydrogen-bond acceptors (Lipinski definition) is 2. The molecule has 0 aliphatic carbocycles. The molecule has 0 aromatic heterocycles. The van der Waals surface area contributed by atoms with Gasteiger partial charge in [0.2, 0.25) is 0 Å². The minimum Gasteiger partial charge on any atom is -0.481 e. The minimum absolute atomic E-state index is 0.0663. The lowest BCUT2D eigenvalue weighted by molar-refractivity contribution is -0.137. The lowest BCUT2D eigenvalue weighted by atomic mass is 10.2. The lowest BCUT2D eigenvalue weighted by Gasteiger charge is -2.21. The van der Waals surface area contributed by atoms with Crippen LogP contribution in [0.5, 0.6) is 0 Å². The Hall–Kier alpha value is -2.04. The zero-order valence-corrected chi connectivity index (χ0v) is 11.3. The van der Waals surface area contributed by atoms with Gasteiger partial charge in [0.25, 0.3) is 0 Å². The second-order valence-corrected chi connectivity index (χ2v) is 4.31. The monoisotopic (exact) mass is 264 g/mol. The number of carbonyl (C=O) groups excluding carboxylic acids is 1.